The standard InChI is InChI=1S/C59H79BF2I2N3O13/c1-44-56(63)51(20-11-46-9-16-49(17-10-46)77-24-23-67(3,4)5)65-58(44)55(48-14-18-50(19-15-48)78-40-37-74-34-31-71-28-25-68-6)59-45(2)57(64)52(66(59)60(61)62)21-12-47-13-22-53(79-41-38-75-35-32-72-29-26-69-7)54(43-47)80-42-39-76-36-33-73-30-27-70-8/h9-22,43H,23-42H2,1-8H3/q+1/b20-11+,21-12+,58-55-. The van der Waals surface area contributed by atoms with Crippen molar-refractivity contribution in [1.29, 1.82) is 0 Å². The SMILES string of the molecule is COCCOCCOCCOc1ccc(/C(=C2N=C(/C=C/c3ccc(OCC[N+](C)(C)C)cc3)C(I)=C/2C)c2c(C)c(I)c(/C=C/c3ccc(OCCOCCOCCOC)c(OCCOCCOCCOC)c3)n2B(F)F)cc1. The summed E-state index contributed by atoms with van der Waals surface area (Å²) in [6, 6.07) is 20.8. The molecule has 438 valence electrons. The Kier molecular flexibility index (Phi) is 30.8. The average Bonchev–Trinajstić information content (AvgIpc) is 3.90. The van der Waals surface area contributed by atoms with Crippen LogP contribution in [-0.2, 0) is 42.6 Å². The minimum atomic E-state index is -2.93. The molecule has 1 aromatic heterocycles. The highest BCUT2D eigenvalue weighted by atomic mass is 127. The van der Waals surface area contributed by atoms with Gasteiger partial charge in [0.15, 0.2) is 11.5 Å². The monoisotopic (exact) mass is 1340 g/mol. The Morgan fingerprint density at radius 2 is 0.988 bits per heavy atom. The molecule has 0 aliphatic carbocycles. The van der Waals surface area contributed by atoms with Crippen molar-refractivity contribution < 1.29 is 74.7 Å². The minimum Gasteiger partial charge on any atom is -0.491 e. The van der Waals surface area contributed by atoms with Gasteiger partial charge in [0.1, 0.15) is 44.5 Å². The fourth-order valence-corrected chi connectivity index (χ4v) is 8.98. The molecule has 0 atom stereocenters. The zero-order valence-corrected chi connectivity index (χ0v) is 51.9. The van der Waals surface area contributed by atoms with E-state index in [0.717, 1.165) is 36.0 Å². The molecule has 1 aliphatic rings. The number of benzene rings is 3. The molecular weight excluding hydrogens is 1260 g/mol. The zero-order valence-electron chi connectivity index (χ0n) is 47.5. The van der Waals surface area contributed by atoms with Gasteiger partial charge in [0.2, 0.25) is 0 Å². The molecule has 0 saturated carbocycles. The molecule has 16 nitrogen and oxygen atoms in total. The van der Waals surface area contributed by atoms with Crippen LogP contribution in [-0.4, -0.2) is 197 Å². The van der Waals surface area contributed by atoms with E-state index in [4.69, 9.17) is 66.6 Å². The summed E-state index contributed by atoms with van der Waals surface area (Å²) in [5.74, 6) is 2.35. The highest BCUT2D eigenvalue weighted by Crippen LogP contribution is 2.43. The molecule has 4 aromatic rings. The van der Waals surface area contributed by atoms with Gasteiger partial charge in [0.25, 0.3) is 0 Å². The molecule has 21 heteroatoms. The largest absolute Gasteiger partial charge is 0.678 e. The number of rotatable bonds is 41. The topological polar surface area (TPSA) is 137 Å². The van der Waals surface area contributed by atoms with Gasteiger partial charge in [-0.05, 0) is 135 Å². The molecule has 0 amide bonds. The first-order valence-corrected chi connectivity index (χ1v) is 28.8. The van der Waals surface area contributed by atoms with Gasteiger partial charge in [-0.2, -0.15) is 0 Å². The lowest BCUT2D eigenvalue weighted by molar-refractivity contribution is -0.870. The van der Waals surface area contributed by atoms with Crippen LogP contribution in [0.1, 0.15) is 40.6 Å². The van der Waals surface area contributed by atoms with Gasteiger partial charge >= 0.3 is 7.40 Å². The first-order valence-electron chi connectivity index (χ1n) is 26.6. The zero-order chi connectivity index (χ0) is 57.5. The normalized spacial score (nSPS) is 13.5. The van der Waals surface area contributed by atoms with E-state index >= 15 is 8.63 Å². The number of hydrogen-bond donors (Lipinski definition) is 0. The van der Waals surface area contributed by atoms with E-state index in [1.165, 1.54) is 0 Å². The Hall–Kier alpha value is -4.25. The third-order valence-corrected chi connectivity index (χ3v) is 14.7. The summed E-state index contributed by atoms with van der Waals surface area (Å²) < 4.78 is 109. The number of aromatic nitrogens is 1. The fraction of sp³-hybridized carbons (Fsp3) is 0.475. The number of hydrogen-bond acceptors (Lipinski definition) is 14. The lowest BCUT2D eigenvalue weighted by Crippen LogP contribution is -2.38. The predicted octanol–water partition coefficient (Wildman–Crippen LogP) is 10.2. The lowest BCUT2D eigenvalue weighted by atomic mass is 9.94. The number of ether oxygens (including phenoxy) is 13. The van der Waals surface area contributed by atoms with Crippen molar-refractivity contribution >= 4 is 82.1 Å². The maximum atomic E-state index is 16.0. The summed E-state index contributed by atoms with van der Waals surface area (Å²) in [7, 11) is 8.34. The van der Waals surface area contributed by atoms with Crippen LogP contribution in [0.4, 0.5) is 8.63 Å². The Morgan fingerprint density at radius 1 is 0.537 bits per heavy atom. The number of nitrogens with zero attached hydrogens (tertiary/aromatic N) is 3. The van der Waals surface area contributed by atoms with Gasteiger partial charge < -0.3 is 70.5 Å². The van der Waals surface area contributed by atoms with Crippen molar-refractivity contribution in [3.8, 4) is 23.0 Å². The second-order valence-corrected chi connectivity index (χ2v) is 21.2. The molecule has 1 aliphatic heterocycles. The predicted molar refractivity (Wildman–Crippen MR) is 328 cm³/mol. The number of aliphatic imine (C=N–C) groups is 1. The van der Waals surface area contributed by atoms with Crippen LogP contribution < -0.4 is 18.9 Å². The van der Waals surface area contributed by atoms with Crippen molar-refractivity contribution in [2.24, 2.45) is 4.99 Å². The van der Waals surface area contributed by atoms with Crippen molar-refractivity contribution in [2.45, 2.75) is 13.8 Å². The van der Waals surface area contributed by atoms with Crippen LogP contribution in [0.3, 0.4) is 0 Å². The molecule has 80 heavy (non-hydrogen) atoms. The van der Waals surface area contributed by atoms with Gasteiger partial charge in [-0.15, -0.1) is 0 Å². The van der Waals surface area contributed by atoms with Gasteiger partial charge in [0.05, 0.1) is 132 Å². The summed E-state index contributed by atoms with van der Waals surface area (Å²) in [6.07, 6.45) is 7.46. The third kappa shape index (κ3) is 22.8. The average molecular weight is 1340 g/mol. The van der Waals surface area contributed by atoms with Crippen LogP contribution in [0, 0.1) is 10.5 Å². The summed E-state index contributed by atoms with van der Waals surface area (Å²) in [6.45, 7) is 12.6. The minimum absolute atomic E-state index is 0.226. The van der Waals surface area contributed by atoms with E-state index in [0.29, 0.717) is 178 Å². The molecule has 0 fully saturated rings. The van der Waals surface area contributed by atoms with Crippen LogP contribution in [0.25, 0.3) is 23.8 Å². The second-order valence-electron chi connectivity index (χ2n) is 19.0. The molecule has 0 bridgehead atoms. The molecule has 0 unspecified atom stereocenters. The second kappa shape index (κ2) is 37.1. The molecule has 0 radical (unpaired) electrons. The molecule has 5 rings (SSSR count). The van der Waals surface area contributed by atoms with Crippen molar-refractivity contribution in [3.63, 3.8) is 0 Å². The first kappa shape index (κ1) is 66.6. The van der Waals surface area contributed by atoms with E-state index < -0.39 is 7.40 Å². The van der Waals surface area contributed by atoms with Gasteiger partial charge in [0, 0.05) is 45.4 Å². The Bertz CT molecular complexity index is 2620. The maximum Gasteiger partial charge on any atom is 0.678 e. The van der Waals surface area contributed by atoms with Crippen molar-refractivity contribution in [2.75, 3.05) is 175 Å². The van der Waals surface area contributed by atoms with Gasteiger partial charge in [-0.25, -0.2) is 4.99 Å². The molecule has 3 aromatic carbocycles. The van der Waals surface area contributed by atoms with Crippen LogP contribution in [0.5, 0.6) is 23.0 Å². The fourth-order valence-electron chi connectivity index (χ4n) is 7.73. The Balaban J connectivity index is 1.46. The van der Waals surface area contributed by atoms with Crippen LogP contribution in [0.2, 0.25) is 0 Å². The summed E-state index contributed by atoms with van der Waals surface area (Å²) in [4.78, 5) is 5.22. The van der Waals surface area contributed by atoms with E-state index in [9.17, 15) is 0 Å². The first-order chi connectivity index (χ1) is 38.8. The van der Waals surface area contributed by atoms with E-state index in [1.54, 1.807) is 39.5 Å². The van der Waals surface area contributed by atoms with Crippen molar-refractivity contribution in [1.82, 2.24) is 4.48 Å². The molecule has 0 spiro atoms. The van der Waals surface area contributed by atoms with E-state index in [1.807, 2.05) is 86.7 Å². The van der Waals surface area contributed by atoms with E-state index in [-0.39, 0.29) is 13.2 Å². The summed E-state index contributed by atoms with van der Waals surface area (Å²) in [5.41, 5.74) is 6.38. The Morgan fingerprint density at radius 3 is 1.50 bits per heavy atom. The number of methoxy groups -OCH3 is 3. The summed E-state index contributed by atoms with van der Waals surface area (Å²) >= 11 is 4.47. The molecule has 2 heterocycles. The maximum absolute atomic E-state index is 16.0. The molecular formula is C59H79BF2I2N3O13+. The smallest absolute Gasteiger partial charge is 0.491 e. The molecule has 0 N–H and O–H groups in total. The number of allylic oxidation sites excluding steroid dienone is 3. The van der Waals surface area contributed by atoms with Gasteiger partial charge in [-0.3, -0.25) is 8.63 Å². The van der Waals surface area contributed by atoms with Crippen LogP contribution >= 0.6 is 45.2 Å². The van der Waals surface area contributed by atoms with Crippen molar-refractivity contribution in [3.05, 3.63) is 125 Å². The highest BCUT2D eigenvalue weighted by Gasteiger charge is 2.33. The number of quaternary nitrogens is 1. The highest BCUT2D eigenvalue weighted by molar-refractivity contribution is 14.1. The third-order valence-electron chi connectivity index (χ3n) is 12.0. The Labute approximate surface area is 499 Å². The number of likely N-dealkylation sites (N-methyl/N-ethyl adjacent to an activating group) is 1. The molecule has 0 saturated heterocycles. The van der Waals surface area contributed by atoms with E-state index in [2.05, 4.69) is 66.3 Å². The lowest BCUT2D eigenvalue weighted by Gasteiger charge is -2.23. The number of halogens is 4. The quantitative estimate of drug-likeness (QED) is 0.0181. The summed E-state index contributed by atoms with van der Waals surface area (Å²) in [5, 5.41) is 0. The van der Waals surface area contributed by atoms with Crippen LogP contribution in [0.15, 0.2) is 92.6 Å². The van der Waals surface area contributed by atoms with Gasteiger partial charge in [-0.1, -0.05) is 42.5 Å².